The van der Waals surface area contributed by atoms with Crippen LogP contribution in [0.3, 0.4) is 0 Å². The summed E-state index contributed by atoms with van der Waals surface area (Å²) < 4.78 is 61.6. The number of hydrogen-bond acceptors (Lipinski definition) is 6. The number of carbonyl (C=O) groups excluding carboxylic acids is 1. The van der Waals surface area contributed by atoms with Crippen molar-refractivity contribution >= 4 is 16.9 Å². The Labute approximate surface area is 167 Å². The number of ether oxygens (including phenoxy) is 3. The number of methoxy groups -OCH3 is 2. The molecule has 0 saturated carbocycles. The zero-order valence-electron chi connectivity index (χ0n) is 15.8. The molecule has 0 radical (unpaired) electrons. The first-order valence-electron chi connectivity index (χ1n) is 8.47. The molecule has 10 heteroatoms. The molecule has 0 bridgehead atoms. The highest BCUT2D eigenvalue weighted by atomic mass is 19.4. The smallest absolute Gasteiger partial charge is 0.450 e. The topological polar surface area (TPSA) is 101 Å². The highest BCUT2D eigenvalue weighted by Gasteiger charge is 2.39. The molecule has 3 rings (SSSR count). The van der Waals surface area contributed by atoms with E-state index in [0.29, 0.717) is 0 Å². The van der Waals surface area contributed by atoms with Crippen molar-refractivity contribution in [2.24, 2.45) is 5.73 Å². The highest BCUT2D eigenvalue weighted by Crippen LogP contribution is 2.40. The molecular weight excluding hydrogens is 407 g/mol. The van der Waals surface area contributed by atoms with Crippen molar-refractivity contribution in [1.29, 1.82) is 0 Å². The Bertz CT molecular complexity index is 1170. The molecular formula is C20H16F3NO6. The van der Waals surface area contributed by atoms with Crippen LogP contribution >= 0.6 is 0 Å². The number of alkyl halides is 3. The Morgan fingerprint density at radius 3 is 2.37 bits per heavy atom. The molecule has 0 aliphatic carbocycles. The van der Waals surface area contributed by atoms with Gasteiger partial charge in [-0.15, -0.1) is 0 Å². The van der Waals surface area contributed by atoms with Gasteiger partial charge in [0.15, 0.2) is 18.1 Å². The van der Waals surface area contributed by atoms with Gasteiger partial charge in [-0.25, -0.2) is 0 Å². The maximum Gasteiger partial charge on any atom is 0.450 e. The van der Waals surface area contributed by atoms with Crippen molar-refractivity contribution < 1.29 is 36.6 Å². The Morgan fingerprint density at radius 1 is 1.07 bits per heavy atom. The lowest BCUT2D eigenvalue weighted by Crippen LogP contribution is -2.20. The van der Waals surface area contributed by atoms with E-state index in [9.17, 15) is 22.8 Å². The lowest BCUT2D eigenvalue weighted by atomic mass is 10.0. The normalized spacial score (nSPS) is 11.4. The van der Waals surface area contributed by atoms with Crippen molar-refractivity contribution in [3.05, 3.63) is 52.4 Å². The van der Waals surface area contributed by atoms with Crippen LogP contribution in [0.25, 0.3) is 22.1 Å². The number of amides is 1. The second-order valence-electron chi connectivity index (χ2n) is 6.12. The Kier molecular flexibility index (Phi) is 5.59. The lowest BCUT2D eigenvalue weighted by Gasteiger charge is -2.15. The van der Waals surface area contributed by atoms with Crippen LogP contribution in [0.4, 0.5) is 13.2 Å². The standard InChI is InChI=1S/C20H16F3NO6/c1-27-13-6-3-10(7-15(13)28-2)17-18(26)12-5-4-11(29-9-16(24)25)8-14(12)30-19(17)20(21,22)23/h3-8H,9H2,1-2H3,(H2,24,25). The molecule has 0 atom stereocenters. The summed E-state index contributed by atoms with van der Waals surface area (Å²) in [6.07, 6.45) is -4.96. The van der Waals surface area contributed by atoms with Gasteiger partial charge in [-0.2, -0.15) is 13.2 Å². The third-order valence-electron chi connectivity index (χ3n) is 4.17. The summed E-state index contributed by atoms with van der Waals surface area (Å²) in [6, 6.07) is 7.62. The van der Waals surface area contributed by atoms with E-state index in [1.807, 2.05) is 0 Å². The van der Waals surface area contributed by atoms with E-state index >= 15 is 0 Å². The van der Waals surface area contributed by atoms with Gasteiger partial charge >= 0.3 is 6.18 Å². The monoisotopic (exact) mass is 423 g/mol. The summed E-state index contributed by atoms with van der Waals surface area (Å²) in [5, 5.41) is -0.0980. The third kappa shape index (κ3) is 4.02. The number of carbonyl (C=O) groups is 1. The number of fused-ring (bicyclic) bond motifs is 1. The van der Waals surface area contributed by atoms with Crippen molar-refractivity contribution in [2.45, 2.75) is 6.18 Å². The summed E-state index contributed by atoms with van der Waals surface area (Å²) in [4.78, 5) is 23.8. The lowest BCUT2D eigenvalue weighted by molar-refractivity contribution is -0.152. The largest absolute Gasteiger partial charge is 0.493 e. The number of benzene rings is 2. The van der Waals surface area contributed by atoms with Crippen LogP contribution in [-0.4, -0.2) is 26.7 Å². The maximum absolute atomic E-state index is 13.7. The SMILES string of the molecule is COc1ccc(-c2c(C(F)(F)F)oc3cc(OCC(N)=O)ccc3c2=O)cc1OC. The quantitative estimate of drug-likeness (QED) is 0.653. The first-order chi connectivity index (χ1) is 14.2. The molecule has 0 saturated heterocycles. The third-order valence-corrected chi connectivity index (χ3v) is 4.17. The van der Waals surface area contributed by atoms with Crippen LogP contribution in [-0.2, 0) is 11.0 Å². The molecule has 30 heavy (non-hydrogen) atoms. The van der Waals surface area contributed by atoms with Crippen LogP contribution in [0.5, 0.6) is 17.2 Å². The van der Waals surface area contributed by atoms with E-state index in [4.69, 9.17) is 24.4 Å². The number of rotatable bonds is 6. The number of primary amides is 1. The molecule has 2 aromatic carbocycles. The van der Waals surface area contributed by atoms with Gasteiger partial charge in [0.1, 0.15) is 11.3 Å². The highest BCUT2D eigenvalue weighted by molar-refractivity contribution is 5.84. The van der Waals surface area contributed by atoms with Crippen LogP contribution in [0, 0.1) is 0 Å². The fraction of sp³-hybridized carbons (Fsp3) is 0.200. The molecule has 1 amide bonds. The van der Waals surface area contributed by atoms with Gasteiger partial charge < -0.3 is 24.4 Å². The summed E-state index contributed by atoms with van der Waals surface area (Å²) in [5.41, 5.74) is 3.03. The van der Waals surface area contributed by atoms with Gasteiger partial charge in [0.2, 0.25) is 11.2 Å². The summed E-state index contributed by atoms with van der Waals surface area (Å²) in [6.45, 7) is -0.481. The fourth-order valence-corrected chi connectivity index (χ4v) is 2.87. The van der Waals surface area contributed by atoms with Crippen LogP contribution in [0.15, 0.2) is 45.6 Å². The minimum Gasteiger partial charge on any atom is -0.493 e. The molecule has 0 aliphatic rings. The van der Waals surface area contributed by atoms with Crippen molar-refractivity contribution in [3.63, 3.8) is 0 Å². The van der Waals surface area contributed by atoms with Gasteiger partial charge in [-0.1, -0.05) is 6.07 Å². The summed E-state index contributed by atoms with van der Waals surface area (Å²) in [7, 11) is 2.70. The second-order valence-corrected chi connectivity index (χ2v) is 6.12. The predicted octanol–water partition coefficient (Wildman–Crippen LogP) is 3.36. The molecule has 0 fully saturated rings. The average molecular weight is 423 g/mol. The molecule has 1 heterocycles. The van der Waals surface area contributed by atoms with Gasteiger partial charge in [0, 0.05) is 6.07 Å². The van der Waals surface area contributed by atoms with Gasteiger partial charge in [0.25, 0.3) is 5.91 Å². The molecule has 1 aromatic heterocycles. The van der Waals surface area contributed by atoms with E-state index in [-0.39, 0.29) is 33.8 Å². The second kappa shape index (κ2) is 7.97. The molecule has 3 aromatic rings. The number of hydrogen-bond donors (Lipinski definition) is 1. The van der Waals surface area contributed by atoms with Crippen LogP contribution in [0.2, 0.25) is 0 Å². The van der Waals surface area contributed by atoms with Gasteiger partial charge in [-0.3, -0.25) is 9.59 Å². The molecule has 2 N–H and O–H groups in total. The van der Waals surface area contributed by atoms with Crippen molar-refractivity contribution in [3.8, 4) is 28.4 Å². The number of nitrogens with two attached hydrogens (primary N) is 1. The first kappa shape index (κ1) is 21.0. The number of halogens is 3. The molecule has 0 aliphatic heterocycles. The van der Waals surface area contributed by atoms with E-state index < -0.39 is 35.4 Å². The van der Waals surface area contributed by atoms with E-state index in [1.54, 1.807) is 0 Å². The molecule has 7 nitrogen and oxygen atoms in total. The van der Waals surface area contributed by atoms with Gasteiger partial charge in [0.05, 0.1) is 25.2 Å². The van der Waals surface area contributed by atoms with Crippen molar-refractivity contribution in [2.75, 3.05) is 20.8 Å². The van der Waals surface area contributed by atoms with E-state index in [1.165, 1.54) is 44.6 Å². The predicted molar refractivity (Wildman–Crippen MR) is 101 cm³/mol. The Balaban J connectivity index is 2.26. The van der Waals surface area contributed by atoms with Crippen molar-refractivity contribution in [1.82, 2.24) is 0 Å². The van der Waals surface area contributed by atoms with Crippen LogP contribution < -0.4 is 25.4 Å². The molecule has 0 unspecified atom stereocenters. The van der Waals surface area contributed by atoms with E-state index in [0.717, 1.165) is 6.07 Å². The minimum absolute atomic E-state index is 0.0245. The maximum atomic E-state index is 13.7. The molecule has 158 valence electrons. The summed E-state index contributed by atoms with van der Waals surface area (Å²) in [5.74, 6) is -1.78. The first-order valence-corrected chi connectivity index (χ1v) is 8.47. The summed E-state index contributed by atoms with van der Waals surface area (Å²) >= 11 is 0. The average Bonchev–Trinajstić information content (AvgIpc) is 2.70. The minimum atomic E-state index is -4.96. The van der Waals surface area contributed by atoms with E-state index in [2.05, 4.69) is 0 Å². The van der Waals surface area contributed by atoms with Gasteiger partial charge in [-0.05, 0) is 29.8 Å². The Morgan fingerprint density at radius 2 is 1.77 bits per heavy atom. The fourth-order valence-electron chi connectivity index (χ4n) is 2.87. The molecule has 0 spiro atoms. The Hall–Kier alpha value is -3.69. The zero-order chi connectivity index (χ0) is 22.1. The zero-order valence-corrected chi connectivity index (χ0v) is 15.8. The van der Waals surface area contributed by atoms with Crippen LogP contribution in [0.1, 0.15) is 5.76 Å².